The highest BCUT2D eigenvalue weighted by atomic mass is 35.5. The summed E-state index contributed by atoms with van der Waals surface area (Å²) in [6.45, 7) is 5.10. The van der Waals surface area contributed by atoms with Crippen LogP contribution in [0, 0.1) is 13.8 Å². The lowest BCUT2D eigenvalue weighted by molar-refractivity contribution is -0.125. The third-order valence-electron chi connectivity index (χ3n) is 5.54. The van der Waals surface area contributed by atoms with E-state index in [2.05, 4.69) is 10.4 Å². The van der Waals surface area contributed by atoms with Crippen LogP contribution in [0.4, 0.5) is 5.69 Å². The van der Waals surface area contributed by atoms with Crippen molar-refractivity contribution in [3.8, 4) is 5.69 Å². The molecule has 0 aliphatic carbocycles. The zero-order valence-corrected chi connectivity index (χ0v) is 17.4. The second-order valence-corrected chi connectivity index (χ2v) is 7.98. The van der Waals surface area contributed by atoms with Gasteiger partial charge in [0.15, 0.2) is 0 Å². The zero-order valence-electron chi connectivity index (χ0n) is 16.6. The highest BCUT2D eigenvalue weighted by molar-refractivity contribution is 6.30. The topological polar surface area (TPSA) is 56.2 Å². The van der Waals surface area contributed by atoms with Gasteiger partial charge < -0.3 is 10.1 Å². The molecule has 0 unspecified atom stereocenters. The van der Waals surface area contributed by atoms with Crippen molar-refractivity contribution < 1.29 is 9.53 Å². The molecule has 1 saturated heterocycles. The molecule has 1 aliphatic heterocycles. The molecule has 29 heavy (non-hydrogen) atoms. The average Bonchev–Trinajstić information content (AvgIpc) is 3.07. The van der Waals surface area contributed by atoms with Gasteiger partial charge in [-0.1, -0.05) is 29.8 Å². The number of rotatable bonds is 4. The molecule has 2 aromatic carbocycles. The van der Waals surface area contributed by atoms with Crippen LogP contribution in [0.25, 0.3) is 5.69 Å². The molecule has 1 aliphatic rings. The molecule has 4 rings (SSSR count). The van der Waals surface area contributed by atoms with E-state index in [1.54, 1.807) is 0 Å². The predicted octanol–water partition coefficient (Wildman–Crippen LogP) is 4.83. The van der Waals surface area contributed by atoms with E-state index >= 15 is 0 Å². The van der Waals surface area contributed by atoms with Crippen LogP contribution in [-0.2, 0) is 14.9 Å². The quantitative estimate of drug-likeness (QED) is 0.671. The summed E-state index contributed by atoms with van der Waals surface area (Å²) in [7, 11) is 0. The maximum absolute atomic E-state index is 13.5. The van der Waals surface area contributed by atoms with Crippen molar-refractivity contribution in [3.05, 3.63) is 76.6 Å². The highest BCUT2D eigenvalue weighted by Crippen LogP contribution is 2.37. The highest BCUT2D eigenvalue weighted by Gasteiger charge is 2.41. The van der Waals surface area contributed by atoms with Gasteiger partial charge in [-0.2, -0.15) is 5.10 Å². The van der Waals surface area contributed by atoms with E-state index in [9.17, 15) is 4.79 Å². The number of aryl methyl sites for hydroxylation is 2. The molecule has 2 heterocycles. The summed E-state index contributed by atoms with van der Waals surface area (Å²) in [4.78, 5) is 13.5. The maximum Gasteiger partial charge on any atom is 0.235 e. The first-order chi connectivity index (χ1) is 14.0. The lowest BCUT2D eigenvalue weighted by Gasteiger charge is -2.36. The predicted molar refractivity (Wildman–Crippen MR) is 115 cm³/mol. The molecule has 5 nitrogen and oxygen atoms in total. The van der Waals surface area contributed by atoms with Crippen LogP contribution in [0.1, 0.15) is 29.8 Å². The zero-order chi connectivity index (χ0) is 20.4. The van der Waals surface area contributed by atoms with Crippen molar-refractivity contribution in [2.75, 3.05) is 18.5 Å². The van der Waals surface area contributed by atoms with Crippen molar-refractivity contribution in [2.45, 2.75) is 32.1 Å². The van der Waals surface area contributed by atoms with Crippen LogP contribution in [0.2, 0.25) is 5.02 Å². The maximum atomic E-state index is 13.5. The van der Waals surface area contributed by atoms with Gasteiger partial charge in [0.2, 0.25) is 5.91 Å². The Kier molecular flexibility index (Phi) is 5.43. The molecular weight excluding hydrogens is 386 g/mol. The lowest BCUT2D eigenvalue weighted by Crippen LogP contribution is -2.44. The number of aromatic nitrogens is 2. The Balaban J connectivity index is 1.64. The van der Waals surface area contributed by atoms with Crippen LogP contribution in [0.3, 0.4) is 0 Å². The van der Waals surface area contributed by atoms with E-state index in [1.807, 2.05) is 73.1 Å². The number of carbonyl (C=O) groups excluding carboxylic acids is 1. The number of nitrogens with zero attached hydrogens (tertiary/aromatic N) is 2. The molecule has 3 aromatic rings. The fourth-order valence-electron chi connectivity index (χ4n) is 3.99. The Bertz CT molecular complexity index is 1020. The van der Waals surface area contributed by atoms with Crippen molar-refractivity contribution in [3.63, 3.8) is 0 Å². The van der Waals surface area contributed by atoms with Gasteiger partial charge in [-0.05, 0) is 68.7 Å². The van der Waals surface area contributed by atoms with E-state index in [4.69, 9.17) is 16.3 Å². The summed E-state index contributed by atoms with van der Waals surface area (Å²) in [5.74, 6) is -0.0198. The normalized spacial score (nSPS) is 15.8. The Morgan fingerprint density at radius 2 is 1.83 bits per heavy atom. The summed E-state index contributed by atoms with van der Waals surface area (Å²) in [5, 5.41) is 8.33. The molecule has 1 amide bonds. The molecule has 150 valence electrons. The monoisotopic (exact) mass is 409 g/mol. The minimum Gasteiger partial charge on any atom is -0.381 e. The number of nitrogens with one attached hydrogen (secondary N) is 1. The molecule has 1 fully saturated rings. The van der Waals surface area contributed by atoms with Gasteiger partial charge in [-0.25, -0.2) is 4.68 Å². The Morgan fingerprint density at radius 3 is 2.48 bits per heavy atom. The number of hydrogen-bond acceptors (Lipinski definition) is 3. The largest absolute Gasteiger partial charge is 0.381 e. The first-order valence-electron chi connectivity index (χ1n) is 9.77. The van der Waals surface area contributed by atoms with Gasteiger partial charge in [0.1, 0.15) is 0 Å². The van der Waals surface area contributed by atoms with Gasteiger partial charge in [-0.3, -0.25) is 4.79 Å². The summed E-state index contributed by atoms with van der Waals surface area (Å²) in [6, 6.07) is 17.4. The van der Waals surface area contributed by atoms with Gasteiger partial charge in [0.25, 0.3) is 0 Å². The SMILES string of the molecule is Cc1cc(C)n(-c2cccc(NC(=O)C3(c4ccc(Cl)cc4)CCOCC3)c2)n1. The van der Waals surface area contributed by atoms with E-state index in [1.165, 1.54) is 0 Å². The molecule has 1 aromatic heterocycles. The van der Waals surface area contributed by atoms with E-state index in [0.717, 1.165) is 28.3 Å². The van der Waals surface area contributed by atoms with Crippen LogP contribution in [0.5, 0.6) is 0 Å². The van der Waals surface area contributed by atoms with Gasteiger partial charge >= 0.3 is 0 Å². The van der Waals surface area contributed by atoms with Crippen molar-refractivity contribution in [1.82, 2.24) is 9.78 Å². The third-order valence-corrected chi connectivity index (χ3v) is 5.79. The summed E-state index contributed by atoms with van der Waals surface area (Å²) < 4.78 is 7.43. The molecule has 6 heteroatoms. The average molecular weight is 410 g/mol. The summed E-state index contributed by atoms with van der Waals surface area (Å²) in [5.41, 5.74) is 4.02. The summed E-state index contributed by atoms with van der Waals surface area (Å²) in [6.07, 6.45) is 1.27. The molecule has 0 spiro atoms. The van der Waals surface area contributed by atoms with E-state index in [0.29, 0.717) is 31.1 Å². The number of hydrogen-bond donors (Lipinski definition) is 1. The Morgan fingerprint density at radius 1 is 1.10 bits per heavy atom. The fraction of sp³-hybridized carbons (Fsp3) is 0.304. The molecule has 0 saturated carbocycles. The lowest BCUT2D eigenvalue weighted by atomic mass is 9.73. The fourth-order valence-corrected chi connectivity index (χ4v) is 4.12. The second kappa shape index (κ2) is 8.01. The summed E-state index contributed by atoms with van der Waals surface area (Å²) >= 11 is 6.06. The molecular formula is C23H24ClN3O2. The van der Waals surface area contributed by atoms with Gasteiger partial charge in [0.05, 0.1) is 16.8 Å². The van der Waals surface area contributed by atoms with Crippen LogP contribution >= 0.6 is 11.6 Å². The second-order valence-electron chi connectivity index (χ2n) is 7.54. The molecule has 0 bridgehead atoms. The third kappa shape index (κ3) is 3.93. The van der Waals surface area contributed by atoms with Crippen molar-refractivity contribution in [1.29, 1.82) is 0 Å². The van der Waals surface area contributed by atoms with Crippen LogP contribution in [-0.4, -0.2) is 28.9 Å². The number of amides is 1. The number of halogens is 1. The Labute approximate surface area is 175 Å². The standard InChI is InChI=1S/C23H24ClN3O2/c1-16-14-17(2)27(26-16)21-5-3-4-20(15-21)25-22(28)23(10-12-29-13-11-23)18-6-8-19(24)9-7-18/h3-9,14-15H,10-13H2,1-2H3,(H,25,28). The van der Waals surface area contributed by atoms with Crippen LogP contribution in [0.15, 0.2) is 54.6 Å². The minimum absolute atomic E-state index is 0.0198. The first-order valence-corrected chi connectivity index (χ1v) is 10.1. The van der Waals surface area contributed by atoms with Crippen molar-refractivity contribution in [2.24, 2.45) is 0 Å². The molecule has 0 atom stereocenters. The number of anilines is 1. The molecule has 0 radical (unpaired) electrons. The van der Waals surface area contributed by atoms with E-state index < -0.39 is 5.41 Å². The van der Waals surface area contributed by atoms with Crippen LogP contribution < -0.4 is 5.32 Å². The van der Waals surface area contributed by atoms with Gasteiger partial charge in [0, 0.05) is 29.6 Å². The van der Waals surface area contributed by atoms with E-state index in [-0.39, 0.29) is 5.91 Å². The number of ether oxygens (including phenoxy) is 1. The smallest absolute Gasteiger partial charge is 0.235 e. The van der Waals surface area contributed by atoms with Crippen molar-refractivity contribution >= 4 is 23.2 Å². The minimum atomic E-state index is -0.628. The first kappa shape index (κ1) is 19.7. The van der Waals surface area contributed by atoms with Gasteiger partial charge in [-0.15, -0.1) is 0 Å². The number of carbonyl (C=O) groups is 1. The molecule has 1 N–H and O–H groups in total. The Hall–Kier alpha value is -2.63. The number of benzene rings is 2.